The third-order valence-corrected chi connectivity index (χ3v) is 4.92. The van der Waals surface area contributed by atoms with Crippen molar-refractivity contribution in [3.05, 3.63) is 33.3 Å². The molecule has 0 saturated heterocycles. The van der Waals surface area contributed by atoms with Crippen LogP contribution in [0.1, 0.15) is 50.3 Å². The predicted octanol–water partition coefficient (Wildman–Crippen LogP) is 4.92. The van der Waals surface area contributed by atoms with Gasteiger partial charge in [0.25, 0.3) is 0 Å². The lowest BCUT2D eigenvalue weighted by Crippen LogP contribution is -2.24. The summed E-state index contributed by atoms with van der Waals surface area (Å²) in [6.45, 7) is 7.24. The molecule has 20 heavy (non-hydrogen) atoms. The molecule has 0 radical (unpaired) electrons. The maximum Gasteiger partial charge on any atom is 0.0733 e. The van der Waals surface area contributed by atoms with Crippen LogP contribution in [0.15, 0.2) is 21.0 Å². The second-order valence-corrected chi connectivity index (χ2v) is 9.25. The molecule has 1 fully saturated rings. The first-order valence-electron chi connectivity index (χ1n) is 7.04. The van der Waals surface area contributed by atoms with Gasteiger partial charge in [-0.05, 0) is 68.8 Å². The summed E-state index contributed by atoms with van der Waals surface area (Å²) in [6.07, 6.45) is 5.45. The van der Waals surface area contributed by atoms with Crippen LogP contribution in [0.4, 0.5) is 0 Å². The zero-order valence-electron chi connectivity index (χ0n) is 12.2. The van der Waals surface area contributed by atoms with Gasteiger partial charge in [0.1, 0.15) is 0 Å². The molecule has 0 unspecified atom stereocenters. The van der Waals surface area contributed by atoms with E-state index in [4.69, 9.17) is 4.74 Å². The maximum atomic E-state index is 6.05. The lowest BCUT2D eigenvalue weighted by molar-refractivity contribution is 0.00809. The molecule has 1 aliphatic heterocycles. The fraction of sp³-hybridized carbons (Fsp3) is 0.562. The minimum absolute atomic E-state index is 0.150. The highest BCUT2D eigenvalue weighted by Gasteiger charge is 2.46. The van der Waals surface area contributed by atoms with Crippen molar-refractivity contribution in [2.45, 2.75) is 57.0 Å². The number of fused-ring (bicyclic) bond motifs is 1. The molecular weight excluding hydrogens is 334 g/mol. The largest absolute Gasteiger partial charge is 0.370 e. The zero-order chi connectivity index (χ0) is 14.4. The SMILES string of the molecule is CC(C)(C)SN=Cc1cc(Br)cc2c1COC1(CC1)C2. The molecule has 0 bridgehead atoms. The molecule has 0 amide bonds. The minimum atomic E-state index is 0.150. The molecule has 1 aromatic carbocycles. The summed E-state index contributed by atoms with van der Waals surface area (Å²) in [5.41, 5.74) is 4.08. The summed E-state index contributed by atoms with van der Waals surface area (Å²) in [5.74, 6) is 0. The highest BCUT2D eigenvalue weighted by Crippen LogP contribution is 2.47. The Hall–Kier alpha value is -0.320. The lowest BCUT2D eigenvalue weighted by Gasteiger charge is -2.26. The van der Waals surface area contributed by atoms with Crippen LogP contribution < -0.4 is 0 Å². The summed E-state index contributed by atoms with van der Waals surface area (Å²) in [4.78, 5) is 0. The van der Waals surface area contributed by atoms with Crippen molar-refractivity contribution in [2.24, 2.45) is 4.40 Å². The van der Waals surface area contributed by atoms with Crippen molar-refractivity contribution in [2.75, 3.05) is 0 Å². The van der Waals surface area contributed by atoms with E-state index in [2.05, 4.69) is 53.2 Å². The number of benzene rings is 1. The molecule has 1 spiro atoms. The van der Waals surface area contributed by atoms with Gasteiger partial charge >= 0.3 is 0 Å². The van der Waals surface area contributed by atoms with Gasteiger partial charge in [-0.2, -0.15) is 0 Å². The Kier molecular flexibility index (Phi) is 3.76. The molecule has 2 nitrogen and oxygen atoms in total. The van der Waals surface area contributed by atoms with Crippen LogP contribution in [0.3, 0.4) is 0 Å². The number of hydrogen-bond acceptors (Lipinski definition) is 3. The van der Waals surface area contributed by atoms with Crippen LogP contribution in [0.25, 0.3) is 0 Å². The molecule has 1 aromatic rings. The highest BCUT2D eigenvalue weighted by molar-refractivity contribution is 9.10. The number of ether oxygens (including phenoxy) is 1. The van der Waals surface area contributed by atoms with Crippen LogP contribution in [-0.2, 0) is 17.8 Å². The van der Waals surface area contributed by atoms with Gasteiger partial charge in [0.15, 0.2) is 0 Å². The summed E-state index contributed by atoms with van der Waals surface area (Å²) < 4.78 is 11.9. The van der Waals surface area contributed by atoms with Gasteiger partial charge < -0.3 is 4.74 Å². The van der Waals surface area contributed by atoms with Gasteiger partial charge in [0.05, 0.1) is 12.2 Å². The lowest BCUT2D eigenvalue weighted by atomic mass is 9.94. The second kappa shape index (κ2) is 5.15. The molecule has 0 aromatic heterocycles. The molecule has 3 rings (SSSR count). The Morgan fingerprint density at radius 3 is 2.75 bits per heavy atom. The average Bonchev–Trinajstić information content (AvgIpc) is 3.06. The summed E-state index contributed by atoms with van der Waals surface area (Å²) >= 11 is 5.23. The van der Waals surface area contributed by atoms with Crippen LogP contribution in [0, 0.1) is 0 Å². The van der Waals surface area contributed by atoms with E-state index in [0.717, 1.165) is 17.5 Å². The van der Waals surface area contributed by atoms with Gasteiger partial charge in [-0.3, -0.25) is 0 Å². The van der Waals surface area contributed by atoms with Crippen molar-refractivity contribution in [3.8, 4) is 0 Å². The Morgan fingerprint density at radius 1 is 1.35 bits per heavy atom. The molecule has 1 saturated carbocycles. The highest BCUT2D eigenvalue weighted by atomic mass is 79.9. The second-order valence-electron chi connectivity index (χ2n) is 6.72. The van der Waals surface area contributed by atoms with Crippen LogP contribution >= 0.6 is 27.9 Å². The van der Waals surface area contributed by atoms with E-state index in [0.29, 0.717) is 0 Å². The molecule has 1 heterocycles. The molecule has 1 aliphatic carbocycles. The number of rotatable bonds is 2. The van der Waals surface area contributed by atoms with Crippen LogP contribution in [0.2, 0.25) is 0 Å². The van der Waals surface area contributed by atoms with E-state index in [1.54, 1.807) is 11.9 Å². The zero-order valence-corrected chi connectivity index (χ0v) is 14.6. The Bertz CT molecular complexity index is 558. The Labute approximate surface area is 133 Å². The monoisotopic (exact) mass is 353 g/mol. The summed E-state index contributed by atoms with van der Waals surface area (Å²) in [7, 11) is 0. The van der Waals surface area contributed by atoms with Crippen molar-refractivity contribution in [1.82, 2.24) is 0 Å². The first kappa shape index (κ1) is 14.6. The third kappa shape index (κ3) is 3.29. The number of hydrogen-bond donors (Lipinski definition) is 0. The smallest absolute Gasteiger partial charge is 0.0733 e. The maximum absolute atomic E-state index is 6.05. The van der Waals surface area contributed by atoms with E-state index in [1.165, 1.54) is 29.5 Å². The molecule has 0 atom stereocenters. The van der Waals surface area contributed by atoms with Crippen LogP contribution in [0.5, 0.6) is 0 Å². The number of nitrogens with zero attached hydrogens (tertiary/aromatic N) is 1. The van der Waals surface area contributed by atoms with Gasteiger partial charge in [0.2, 0.25) is 0 Å². The Morgan fingerprint density at radius 2 is 2.10 bits per heavy atom. The Balaban J connectivity index is 1.86. The van der Waals surface area contributed by atoms with Crippen molar-refractivity contribution >= 4 is 34.1 Å². The standard InChI is InChI=1S/C16H20BrNOS/c1-15(2,3)20-18-9-12-7-13(17)6-11-8-16(4-5-16)19-10-14(11)12/h6-7,9H,4-5,8,10H2,1-3H3. The van der Waals surface area contributed by atoms with Crippen LogP contribution in [-0.4, -0.2) is 16.6 Å². The number of halogens is 1. The van der Waals surface area contributed by atoms with Crippen molar-refractivity contribution in [3.63, 3.8) is 0 Å². The normalized spacial score (nSPS) is 20.4. The molecular formula is C16H20BrNOS. The van der Waals surface area contributed by atoms with E-state index < -0.39 is 0 Å². The first-order chi connectivity index (χ1) is 9.37. The van der Waals surface area contributed by atoms with Gasteiger partial charge in [-0.25, -0.2) is 4.40 Å². The summed E-state index contributed by atoms with van der Waals surface area (Å²) in [5, 5.41) is 0. The van der Waals surface area contributed by atoms with Crippen molar-refractivity contribution in [1.29, 1.82) is 0 Å². The molecule has 2 aliphatic rings. The third-order valence-electron chi connectivity index (χ3n) is 3.70. The van der Waals surface area contributed by atoms with E-state index in [9.17, 15) is 0 Å². The fourth-order valence-corrected chi connectivity index (χ4v) is 3.50. The van der Waals surface area contributed by atoms with E-state index >= 15 is 0 Å². The first-order valence-corrected chi connectivity index (χ1v) is 8.60. The summed E-state index contributed by atoms with van der Waals surface area (Å²) in [6, 6.07) is 4.38. The van der Waals surface area contributed by atoms with Gasteiger partial charge in [-0.15, -0.1) is 0 Å². The molecule has 4 heteroatoms. The van der Waals surface area contributed by atoms with Gasteiger partial charge in [-0.1, -0.05) is 15.9 Å². The molecule has 0 N–H and O–H groups in total. The predicted molar refractivity (Wildman–Crippen MR) is 89.5 cm³/mol. The minimum Gasteiger partial charge on any atom is -0.370 e. The van der Waals surface area contributed by atoms with E-state index in [1.807, 2.05) is 6.21 Å². The quantitative estimate of drug-likeness (QED) is 0.555. The average molecular weight is 354 g/mol. The van der Waals surface area contributed by atoms with Crippen molar-refractivity contribution < 1.29 is 4.74 Å². The van der Waals surface area contributed by atoms with Gasteiger partial charge in [0, 0.05) is 27.4 Å². The topological polar surface area (TPSA) is 21.6 Å². The van der Waals surface area contributed by atoms with E-state index in [-0.39, 0.29) is 10.3 Å². The molecule has 108 valence electrons. The fourth-order valence-electron chi connectivity index (χ4n) is 2.49.